The molecule has 0 saturated carbocycles. The van der Waals surface area contributed by atoms with Crippen LogP contribution in [0.1, 0.15) is 5.82 Å². The molecule has 0 bridgehead atoms. The number of hydrogen-bond donors (Lipinski definition) is 2. The van der Waals surface area contributed by atoms with Crippen molar-refractivity contribution in [2.75, 3.05) is 12.0 Å². The van der Waals surface area contributed by atoms with Crippen LogP contribution >= 0.6 is 15.9 Å². The number of aromatic nitrogens is 4. The fourth-order valence-electron chi connectivity index (χ4n) is 2.02. The molecule has 1 aromatic carbocycles. The van der Waals surface area contributed by atoms with Crippen LogP contribution in [0.2, 0.25) is 0 Å². The van der Waals surface area contributed by atoms with Gasteiger partial charge in [0.1, 0.15) is 9.84 Å². The van der Waals surface area contributed by atoms with E-state index < -0.39 is 9.84 Å². The van der Waals surface area contributed by atoms with E-state index in [2.05, 4.69) is 36.0 Å². The van der Waals surface area contributed by atoms with Gasteiger partial charge >= 0.3 is 5.69 Å². The molecule has 3 rings (SSSR count). The third kappa shape index (κ3) is 3.12. The molecular weight excluding hydrogens is 376 g/mol. The Labute approximate surface area is 133 Å². The number of aryl methyl sites for hydroxylation is 1. The van der Waals surface area contributed by atoms with Crippen LogP contribution in [-0.4, -0.2) is 40.5 Å². The van der Waals surface area contributed by atoms with E-state index in [9.17, 15) is 13.2 Å². The molecule has 2 heterocycles. The van der Waals surface area contributed by atoms with E-state index in [1.807, 2.05) is 0 Å². The van der Waals surface area contributed by atoms with Gasteiger partial charge in [-0.3, -0.25) is 0 Å². The van der Waals surface area contributed by atoms with Gasteiger partial charge in [-0.25, -0.2) is 13.2 Å². The van der Waals surface area contributed by atoms with Gasteiger partial charge in [0.05, 0.1) is 22.3 Å². The van der Waals surface area contributed by atoms with Crippen LogP contribution in [0.15, 0.2) is 25.9 Å². The molecule has 0 aliphatic heterocycles. The van der Waals surface area contributed by atoms with Crippen LogP contribution in [0.3, 0.4) is 0 Å². The molecule has 10 heteroatoms. The van der Waals surface area contributed by atoms with Crippen LogP contribution in [0.25, 0.3) is 22.5 Å². The monoisotopic (exact) mass is 386 g/mol. The van der Waals surface area contributed by atoms with E-state index in [0.29, 0.717) is 22.4 Å². The van der Waals surface area contributed by atoms with Gasteiger partial charge in [-0.2, -0.15) is 4.98 Å². The predicted molar refractivity (Wildman–Crippen MR) is 83.3 cm³/mol. The molecule has 8 nitrogen and oxygen atoms in total. The topological polar surface area (TPSA) is 122 Å². The Morgan fingerprint density at radius 1 is 1.32 bits per heavy atom. The fraction of sp³-hybridized carbons (Fsp3) is 0.250. The molecule has 0 radical (unpaired) electrons. The Hall–Kier alpha value is -1.94. The highest BCUT2D eigenvalue weighted by atomic mass is 79.9. The summed E-state index contributed by atoms with van der Waals surface area (Å²) in [5.41, 5.74) is 1.36. The standard InChI is InChI=1S/C12H11BrN4O4S/c1-22(19,20)3-2-9-15-11(21-17-9)7-4-6(13)5-8-10(7)16-12(18)14-8/h4-5H,2-3H2,1H3,(H2,14,16,18). The normalized spacial score (nSPS) is 12.1. The van der Waals surface area contributed by atoms with Crippen LogP contribution in [0.4, 0.5) is 0 Å². The zero-order chi connectivity index (χ0) is 15.9. The van der Waals surface area contributed by atoms with E-state index in [0.717, 1.165) is 10.7 Å². The smallest absolute Gasteiger partial charge is 0.323 e. The Morgan fingerprint density at radius 3 is 2.82 bits per heavy atom. The summed E-state index contributed by atoms with van der Waals surface area (Å²) < 4.78 is 28.2. The lowest BCUT2D eigenvalue weighted by atomic mass is 10.2. The lowest BCUT2D eigenvalue weighted by Gasteiger charge is -1.98. The zero-order valence-corrected chi connectivity index (χ0v) is 13.8. The van der Waals surface area contributed by atoms with Crippen LogP contribution in [0, 0.1) is 0 Å². The van der Waals surface area contributed by atoms with Gasteiger partial charge in [-0.1, -0.05) is 21.1 Å². The number of nitrogens with one attached hydrogen (secondary N) is 2. The van der Waals surface area contributed by atoms with Gasteiger partial charge in [0, 0.05) is 17.1 Å². The first-order chi connectivity index (χ1) is 10.3. The summed E-state index contributed by atoms with van der Waals surface area (Å²) in [5.74, 6) is 0.456. The van der Waals surface area contributed by atoms with Gasteiger partial charge in [0.15, 0.2) is 5.82 Å². The number of sulfone groups is 1. The molecule has 0 aliphatic carbocycles. The molecular formula is C12H11BrN4O4S. The number of halogens is 1. The number of aromatic amines is 2. The third-order valence-corrected chi connectivity index (χ3v) is 4.39. The number of rotatable bonds is 4. The van der Waals surface area contributed by atoms with Gasteiger partial charge in [0.25, 0.3) is 5.89 Å². The van der Waals surface area contributed by atoms with E-state index in [4.69, 9.17) is 4.52 Å². The average Bonchev–Trinajstić information content (AvgIpc) is 3.00. The number of benzene rings is 1. The largest absolute Gasteiger partial charge is 0.334 e. The minimum Gasteiger partial charge on any atom is -0.334 e. The number of nitrogens with zero attached hydrogens (tertiary/aromatic N) is 2. The van der Waals surface area contributed by atoms with Crippen molar-refractivity contribution < 1.29 is 12.9 Å². The molecule has 116 valence electrons. The number of H-pyrrole nitrogens is 2. The second kappa shape index (κ2) is 5.36. The van der Waals surface area contributed by atoms with Crippen molar-refractivity contribution in [3.05, 3.63) is 32.9 Å². The lowest BCUT2D eigenvalue weighted by Crippen LogP contribution is -2.06. The van der Waals surface area contributed by atoms with Gasteiger partial charge in [-0.05, 0) is 12.1 Å². The number of imidazole rings is 1. The van der Waals surface area contributed by atoms with E-state index in [-0.39, 0.29) is 23.8 Å². The molecule has 22 heavy (non-hydrogen) atoms. The second-order valence-corrected chi connectivity index (χ2v) is 8.03. The maximum atomic E-state index is 11.4. The quantitative estimate of drug-likeness (QED) is 0.695. The van der Waals surface area contributed by atoms with Crippen molar-refractivity contribution in [1.82, 2.24) is 20.1 Å². The minimum atomic E-state index is -3.10. The Balaban J connectivity index is 2.01. The molecule has 2 aromatic heterocycles. The highest BCUT2D eigenvalue weighted by Gasteiger charge is 2.16. The van der Waals surface area contributed by atoms with Crippen molar-refractivity contribution in [3.63, 3.8) is 0 Å². The highest BCUT2D eigenvalue weighted by Crippen LogP contribution is 2.28. The van der Waals surface area contributed by atoms with Crippen molar-refractivity contribution in [3.8, 4) is 11.5 Å². The van der Waals surface area contributed by atoms with Crippen LogP contribution < -0.4 is 5.69 Å². The fourth-order valence-corrected chi connectivity index (χ4v) is 3.03. The Morgan fingerprint density at radius 2 is 2.09 bits per heavy atom. The number of fused-ring (bicyclic) bond motifs is 1. The van der Waals surface area contributed by atoms with Gasteiger partial charge in [0.2, 0.25) is 0 Å². The van der Waals surface area contributed by atoms with Gasteiger partial charge < -0.3 is 14.5 Å². The lowest BCUT2D eigenvalue weighted by molar-refractivity contribution is 0.423. The zero-order valence-electron chi connectivity index (χ0n) is 11.4. The van der Waals surface area contributed by atoms with E-state index >= 15 is 0 Å². The first-order valence-electron chi connectivity index (χ1n) is 6.24. The average molecular weight is 387 g/mol. The summed E-state index contributed by atoms with van der Waals surface area (Å²) in [4.78, 5) is 20.9. The van der Waals surface area contributed by atoms with Crippen molar-refractivity contribution >= 4 is 36.8 Å². The SMILES string of the molecule is CS(=O)(=O)CCc1noc(-c2cc(Br)cc3[nH]c(=O)[nH]c23)n1. The predicted octanol–water partition coefficient (Wildman–Crippen LogP) is 1.26. The summed E-state index contributed by atoms with van der Waals surface area (Å²) in [6.45, 7) is 0. The molecule has 0 aliphatic rings. The molecule has 0 spiro atoms. The van der Waals surface area contributed by atoms with Crippen molar-refractivity contribution in [2.45, 2.75) is 6.42 Å². The summed E-state index contributed by atoms with van der Waals surface area (Å²) >= 11 is 3.35. The maximum absolute atomic E-state index is 11.4. The van der Waals surface area contributed by atoms with Crippen LogP contribution in [0.5, 0.6) is 0 Å². The van der Waals surface area contributed by atoms with Crippen molar-refractivity contribution in [1.29, 1.82) is 0 Å². The molecule has 3 aromatic rings. The summed E-state index contributed by atoms with van der Waals surface area (Å²) in [6, 6.07) is 3.48. The summed E-state index contributed by atoms with van der Waals surface area (Å²) in [7, 11) is -3.10. The summed E-state index contributed by atoms with van der Waals surface area (Å²) in [5, 5.41) is 3.77. The first-order valence-corrected chi connectivity index (χ1v) is 9.09. The van der Waals surface area contributed by atoms with Crippen molar-refractivity contribution in [2.24, 2.45) is 0 Å². The second-order valence-electron chi connectivity index (χ2n) is 4.85. The van der Waals surface area contributed by atoms with Gasteiger partial charge in [-0.15, -0.1) is 0 Å². The van der Waals surface area contributed by atoms with Crippen LogP contribution in [-0.2, 0) is 16.3 Å². The molecule has 0 unspecified atom stereocenters. The van der Waals surface area contributed by atoms with E-state index in [1.165, 1.54) is 0 Å². The molecule has 0 amide bonds. The first kappa shape index (κ1) is 15.0. The number of hydrogen-bond acceptors (Lipinski definition) is 6. The third-order valence-electron chi connectivity index (χ3n) is 2.98. The highest BCUT2D eigenvalue weighted by molar-refractivity contribution is 9.10. The Kier molecular flexibility index (Phi) is 3.65. The Bertz CT molecular complexity index is 1000. The molecule has 0 saturated heterocycles. The molecule has 0 fully saturated rings. The minimum absolute atomic E-state index is 0.0547. The molecule has 0 atom stereocenters. The maximum Gasteiger partial charge on any atom is 0.323 e. The molecule has 2 N–H and O–H groups in total. The summed E-state index contributed by atoms with van der Waals surface area (Å²) in [6.07, 6.45) is 1.32. The van der Waals surface area contributed by atoms with E-state index in [1.54, 1.807) is 12.1 Å².